The van der Waals surface area contributed by atoms with Crippen LogP contribution in [0.25, 0.3) is 6.08 Å². The number of aliphatic carboxylic acids is 1. The highest BCUT2D eigenvalue weighted by Gasteiger charge is 2.13. The zero-order valence-corrected chi connectivity index (χ0v) is 10.6. The van der Waals surface area contributed by atoms with Gasteiger partial charge in [0.1, 0.15) is 0 Å². The zero-order valence-electron chi connectivity index (χ0n) is 9.74. The molecule has 19 heavy (non-hydrogen) atoms. The Hall–Kier alpha value is -2.19. The van der Waals surface area contributed by atoms with Gasteiger partial charge in [-0.2, -0.15) is 0 Å². The number of sulfonamides is 1. The highest BCUT2D eigenvalue weighted by atomic mass is 32.2. The number of carboxylic acid groups (broad SMARTS) is 1. The molecule has 0 aromatic heterocycles. The summed E-state index contributed by atoms with van der Waals surface area (Å²) < 4.78 is 25.4. The minimum absolute atomic E-state index is 0.0405. The number of hydrogen-bond acceptors (Lipinski definition) is 4. The highest BCUT2D eigenvalue weighted by Crippen LogP contribution is 2.11. The summed E-state index contributed by atoms with van der Waals surface area (Å²) in [6, 6.07) is 5.48. The number of rotatable bonds is 6. The first-order chi connectivity index (χ1) is 8.81. The van der Waals surface area contributed by atoms with Gasteiger partial charge in [0.05, 0.1) is 11.4 Å². The Kier molecular flexibility index (Phi) is 4.79. The quantitative estimate of drug-likeness (QED) is 0.610. The maximum Gasteiger partial charge on any atom is 0.328 e. The lowest BCUT2D eigenvalue weighted by Gasteiger charge is -2.04. The van der Waals surface area contributed by atoms with Crippen LogP contribution in [-0.4, -0.2) is 31.9 Å². The molecule has 0 spiro atoms. The van der Waals surface area contributed by atoms with Crippen LogP contribution in [0.5, 0.6) is 0 Å². The SMILES string of the molecule is NC(=O)CNS(=O)(=O)c1ccc(/C=C/C(=O)O)cc1. The predicted molar refractivity (Wildman–Crippen MR) is 67.5 cm³/mol. The van der Waals surface area contributed by atoms with E-state index in [0.29, 0.717) is 5.56 Å². The topological polar surface area (TPSA) is 127 Å². The van der Waals surface area contributed by atoms with Crippen LogP contribution in [0.1, 0.15) is 5.56 Å². The van der Waals surface area contributed by atoms with Gasteiger partial charge in [-0.3, -0.25) is 4.79 Å². The van der Waals surface area contributed by atoms with Gasteiger partial charge in [0, 0.05) is 6.08 Å². The summed E-state index contributed by atoms with van der Waals surface area (Å²) in [5.74, 6) is -1.88. The smallest absolute Gasteiger partial charge is 0.328 e. The summed E-state index contributed by atoms with van der Waals surface area (Å²) >= 11 is 0. The van der Waals surface area contributed by atoms with Crippen LogP contribution in [0.2, 0.25) is 0 Å². The fourth-order valence-electron chi connectivity index (χ4n) is 1.18. The minimum Gasteiger partial charge on any atom is -0.478 e. The monoisotopic (exact) mass is 284 g/mol. The molecule has 8 heteroatoms. The number of nitrogens with two attached hydrogens (primary N) is 1. The number of nitrogens with one attached hydrogen (secondary N) is 1. The molecule has 1 rings (SSSR count). The lowest BCUT2D eigenvalue weighted by atomic mass is 10.2. The molecule has 0 saturated carbocycles. The normalized spacial score (nSPS) is 11.6. The maximum absolute atomic E-state index is 11.7. The molecule has 4 N–H and O–H groups in total. The first-order valence-electron chi connectivity index (χ1n) is 5.10. The van der Waals surface area contributed by atoms with Gasteiger partial charge in [0.25, 0.3) is 0 Å². The van der Waals surface area contributed by atoms with Gasteiger partial charge in [0.2, 0.25) is 15.9 Å². The molecule has 7 nitrogen and oxygen atoms in total. The van der Waals surface area contributed by atoms with Gasteiger partial charge in [-0.25, -0.2) is 17.9 Å². The lowest BCUT2D eigenvalue weighted by molar-refractivity contribution is -0.131. The van der Waals surface area contributed by atoms with Crippen molar-refractivity contribution in [1.82, 2.24) is 4.72 Å². The Morgan fingerprint density at radius 2 is 1.84 bits per heavy atom. The van der Waals surface area contributed by atoms with Crippen LogP contribution >= 0.6 is 0 Å². The van der Waals surface area contributed by atoms with Crippen LogP contribution < -0.4 is 10.5 Å². The number of amides is 1. The maximum atomic E-state index is 11.7. The van der Waals surface area contributed by atoms with Gasteiger partial charge < -0.3 is 10.8 Å². The van der Waals surface area contributed by atoms with Crippen molar-refractivity contribution in [2.45, 2.75) is 4.90 Å². The second kappa shape index (κ2) is 6.12. The molecule has 1 aromatic rings. The van der Waals surface area contributed by atoms with Gasteiger partial charge in [-0.05, 0) is 23.8 Å². The first kappa shape index (κ1) is 14.9. The van der Waals surface area contributed by atoms with Crippen molar-refractivity contribution in [2.75, 3.05) is 6.54 Å². The van der Waals surface area contributed by atoms with Gasteiger partial charge in [0.15, 0.2) is 0 Å². The lowest BCUT2D eigenvalue weighted by Crippen LogP contribution is -2.33. The van der Waals surface area contributed by atoms with E-state index in [4.69, 9.17) is 10.8 Å². The third-order valence-corrected chi connectivity index (χ3v) is 3.46. The van der Waals surface area contributed by atoms with Crippen molar-refractivity contribution in [3.05, 3.63) is 35.9 Å². The Labute approximate surface area is 109 Å². The number of benzene rings is 1. The number of carbonyl (C=O) groups is 2. The number of hydrogen-bond donors (Lipinski definition) is 3. The van der Waals surface area contributed by atoms with Gasteiger partial charge in [-0.1, -0.05) is 12.1 Å². The predicted octanol–water partition coefficient (Wildman–Crippen LogP) is -0.452. The van der Waals surface area contributed by atoms with Crippen LogP contribution in [0.3, 0.4) is 0 Å². The van der Waals surface area contributed by atoms with Gasteiger partial charge >= 0.3 is 5.97 Å². The van der Waals surface area contributed by atoms with E-state index in [1.54, 1.807) is 0 Å². The molecule has 1 amide bonds. The van der Waals surface area contributed by atoms with E-state index in [-0.39, 0.29) is 4.90 Å². The first-order valence-corrected chi connectivity index (χ1v) is 6.58. The average molecular weight is 284 g/mol. The van der Waals surface area contributed by atoms with E-state index in [0.717, 1.165) is 6.08 Å². The van der Waals surface area contributed by atoms with E-state index in [9.17, 15) is 18.0 Å². The van der Waals surface area contributed by atoms with E-state index >= 15 is 0 Å². The van der Waals surface area contributed by atoms with Crippen molar-refractivity contribution < 1.29 is 23.1 Å². The van der Waals surface area contributed by atoms with Crippen molar-refractivity contribution in [1.29, 1.82) is 0 Å². The Bertz CT molecular complexity index is 604. The third kappa shape index (κ3) is 4.90. The Balaban J connectivity index is 2.86. The summed E-state index contributed by atoms with van der Waals surface area (Å²) in [4.78, 5) is 20.8. The average Bonchev–Trinajstić information content (AvgIpc) is 2.34. The van der Waals surface area contributed by atoms with Crippen molar-refractivity contribution in [3.63, 3.8) is 0 Å². The molecule has 0 atom stereocenters. The molecule has 0 fully saturated rings. The largest absolute Gasteiger partial charge is 0.478 e. The van der Waals surface area contributed by atoms with E-state index in [2.05, 4.69) is 0 Å². The fraction of sp³-hybridized carbons (Fsp3) is 0.0909. The van der Waals surface area contributed by atoms with Crippen LogP contribution in [0, 0.1) is 0 Å². The molecule has 0 aliphatic carbocycles. The van der Waals surface area contributed by atoms with Gasteiger partial charge in [-0.15, -0.1) is 0 Å². The van der Waals surface area contributed by atoms with Crippen LogP contribution in [0.4, 0.5) is 0 Å². The summed E-state index contributed by atoms with van der Waals surface area (Å²) in [5.41, 5.74) is 5.38. The zero-order chi connectivity index (χ0) is 14.5. The molecular weight excluding hydrogens is 272 g/mol. The molecule has 0 aliphatic rings. The minimum atomic E-state index is -3.79. The molecule has 0 radical (unpaired) electrons. The third-order valence-electron chi connectivity index (χ3n) is 2.05. The van der Waals surface area contributed by atoms with Crippen molar-refractivity contribution >= 4 is 28.0 Å². The van der Waals surface area contributed by atoms with Crippen LogP contribution in [0.15, 0.2) is 35.2 Å². The standard InChI is InChI=1S/C11H12N2O5S/c12-10(14)7-13-19(17,18)9-4-1-8(2-5-9)3-6-11(15)16/h1-6,13H,7H2,(H2,12,14)(H,15,16)/b6-3+. The summed E-state index contributed by atoms with van der Waals surface area (Å²) in [6.07, 6.45) is 2.27. The van der Waals surface area contributed by atoms with Crippen LogP contribution in [-0.2, 0) is 19.6 Å². The number of carboxylic acids is 1. The molecule has 0 heterocycles. The molecule has 0 unspecified atom stereocenters. The van der Waals surface area contributed by atoms with E-state index < -0.39 is 28.4 Å². The Morgan fingerprint density at radius 3 is 2.32 bits per heavy atom. The molecular formula is C11H12N2O5S. The molecule has 102 valence electrons. The molecule has 0 aliphatic heterocycles. The summed E-state index contributed by atoms with van der Waals surface area (Å²) in [5, 5.41) is 8.44. The number of primary amides is 1. The summed E-state index contributed by atoms with van der Waals surface area (Å²) in [7, 11) is -3.79. The Morgan fingerprint density at radius 1 is 1.26 bits per heavy atom. The van der Waals surface area contributed by atoms with E-state index in [1.807, 2.05) is 4.72 Å². The van der Waals surface area contributed by atoms with E-state index in [1.165, 1.54) is 30.3 Å². The molecule has 1 aromatic carbocycles. The second-order valence-electron chi connectivity index (χ2n) is 3.53. The highest BCUT2D eigenvalue weighted by molar-refractivity contribution is 7.89. The number of carbonyl (C=O) groups excluding carboxylic acids is 1. The molecule has 0 saturated heterocycles. The summed E-state index contributed by atoms with van der Waals surface area (Å²) in [6.45, 7) is -0.483. The fourth-order valence-corrected chi connectivity index (χ4v) is 2.17. The second-order valence-corrected chi connectivity index (χ2v) is 5.30. The molecule has 0 bridgehead atoms. The van der Waals surface area contributed by atoms with Crippen molar-refractivity contribution in [2.24, 2.45) is 5.73 Å². The van der Waals surface area contributed by atoms with Crippen molar-refractivity contribution in [3.8, 4) is 0 Å².